The maximum Gasteiger partial charge on any atom is 0.241 e. The Morgan fingerprint density at radius 3 is 2.65 bits per heavy atom. The van der Waals surface area contributed by atoms with Gasteiger partial charge in [-0.2, -0.15) is 0 Å². The van der Waals surface area contributed by atoms with Crippen molar-refractivity contribution in [3.63, 3.8) is 0 Å². The molecule has 2 unspecified atom stereocenters. The summed E-state index contributed by atoms with van der Waals surface area (Å²) >= 11 is 6.17. The average Bonchev–Trinajstić information content (AvgIpc) is 3.04. The van der Waals surface area contributed by atoms with Crippen LogP contribution in [0.4, 0.5) is 14.5 Å². The summed E-state index contributed by atoms with van der Waals surface area (Å²) in [6.07, 6.45) is -1.03. The molecule has 2 aromatic rings. The van der Waals surface area contributed by atoms with Gasteiger partial charge >= 0.3 is 0 Å². The lowest BCUT2D eigenvalue weighted by Crippen LogP contribution is -2.35. The van der Waals surface area contributed by atoms with E-state index in [1.165, 1.54) is 31.2 Å². The summed E-state index contributed by atoms with van der Waals surface area (Å²) < 4.78 is 28.2. The van der Waals surface area contributed by atoms with Gasteiger partial charge in [-0.3, -0.25) is 9.59 Å². The number of rotatable bonds is 4. The van der Waals surface area contributed by atoms with Crippen LogP contribution in [0, 0.1) is 5.82 Å². The van der Waals surface area contributed by atoms with Crippen LogP contribution in [0.15, 0.2) is 36.4 Å². The van der Waals surface area contributed by atoms with Crippen molar-refractivity contribution < 1.29 is 18.4 Å². The summed E-state index contributed by atoms with van der Waals surface area (Å²) in [6.45, 7) is 1.51. The van der Waals surface area contributed by atoms with Gasteiger partial charge in [0, 0.05) is 34.7 Å². The number of anilines is 1. The Labute approximate surface area is 154 Å². The summed E-state index contributed by atoms with van der Waals surface area (Å²) in [6, 6.07) is 8.42. The number of carbonyl (C=O) groups excluding carboxylic acids is 2. The summed E-state index contributed by atoms with van der Waals surface area (Å²) in [5, 5.41) is 5.53. The van der Waals surface area contributed by atoms with Crippen LogP contribution in [-0.2, 0) is 4.79 Å². The molecule has 136 valence electrons. The lowest BCUT2D eigenvalue weighted by atomic mass is 10.0. The van der Waals surface area contributed by atoms with Crippen LogP contribution in [0.1, 0.15) is 23.7 Å². The van der Waals surface area contributed by atoms with E-state index in [1.807, 2.05) is 0 Å². The van der Waals surface area contributed by atoms with Crippen molar-refractivity contribution in [3.8, 4) is 11.1 Å². The molecule has 2 aromatic carbocycles. The normalized spacial score (nSPS) is 19.4. The zero-order valence-electron chi connectivity index (χ0n) is 14.0. The first-order valence-electron chi connectivity index (χ1n) is 8.14. The molecule has 1 heterocycles. The van der Waals surface area contributed by atoms with Crippen LogP contribution in [-0.4, -0.2) is 30.4 Å². The summed E-state index contributed by atoms with van der Waals surface area (Å²) in [5.74, 6) is -1.33. The van der Waals surface area contributed by atoms with Crippen LogP contribution < -0.4 is 10.6 Å². The van der Waals surface area contributed by atoms with Gasteiger partial charge in [0.25, 0.3) is 0 Å². The quantitative estimate of drug-likeness (QED) is 0.791. The predicted molar refractivity (Wildman–Crippen MR) is 96.8 cm³/mol. The van der Waals surface area contributed by atoms with Gasteiger partial charge in [0.05, 0.1) is 11.7 Å². The Kier molecular flexibility index (Phi) is 5.34. The Morgan fingerprint density at radius 1 is 1.23 bits per heavy atom. The molecule has 0 aromatic heterocycles. The fourth-order valence-electron chi connectivity index (χ4n) is 2.90. The fraction of sp³-hybridized carbons (Fsp3) is 0.263. The molecule has 0 bridgehead atoms. The van der Waals surface area contributed by atoms with Crippen LogP contribution >= 0.6 is 11.6 Å². The van der Waals surface area contributed by atoms with Crippen molar-refractivity contribution >= 4 is 29.0 Å². The molecule has 2 N–H and O–H groups in total. The van der Waals surface area contributed by atoms with Gasteiger partial charge < -0.3 is 10.6 Å². The van der Waals surface area contributed by atoms with E-state index in [1.54, 1.807) is 12.1 Å². The molecule has 7 heteroatoms. The van der Waals surface area contributed by atoms with Crippen molar-refractivity contribution in [1.82, 2.24) is 5.32 Å². The molecule has 4 nitrogen and oxygen atoms in total. The number of nitrogens with one attached hydrogen (secondary N) is 2. The molecule has 0 radical (unpaired) electrons. The monoisotopic (exact) mass is 378 g/mol. The Morgan fingerprint density at radius 2 is 2.00 bits per heavy atom. The van der Waals surface area contributed by atoms with E-state index in [-0.39, 0.29) is 35.0 Å². The molecule has 1 aliphatic rings. The summed E-state index contributed by atoms with van der Waals surface area (Å²) in [4.78, 5) is 23.8. The predicted octanol–water partition coefficient (Wildman–Crippen LogP) is 3.99. The number of Topliss-reactive ketones (excluding diaryl/α,β-unsaturated/α-hetero) is 1. The standard InChI is InChI=1S/C19H17ClF2N2O2/c1-10(25)11-5-6-15(20)14(7-11)13-3-2-4-16(18(13)22)24-19(26)17-8-12(21)9-23-17/h2-7,12,17,23H,8-9H2,1H3,(H,24,26). The molecule has 0 spiro atoms. The first-order chi connectivity index (χ1) is 12.4. The maximum atomic E-state index is 14.9. The van der Waals surface area contributed by atoms with Gasteiger partial charge in [-0.05, 0) is 31.2 Å². The number of benzene rings is 2. The number of hydrogen-bond acceptors (Lipinski definition) is 3. The maximum absolute atomic E-state index is 14.9. The number of alkyl halides is 1. The SMILES string of the molecule is CC(=O)c1ccc(Cl)c(-c2cccc(NC(=O)C3CC(F)CN3)c2F)c1. The number of halogens is 3. The Balaban J connectivity index is 1.92. The average molecular weight is 379 g/mol. The molecule has 1 saturated heterocycles. The molecule has 1 aliphatic heterocycles. The van der Waals surface area contributed by atoms with Gasteiger partial charge in [-0.15, -0.1) is 0 Å². The zero-order valence-corrected chi connectivity index (χ0v) is 14.7. The van der Waals surface area contributed by atoms with E-state index in [4.69, 9.17) is 11.6 Å². The highest BCUT2D eigenvalue weighted by Gasteiger charge is 2.29. The minimum Gasteiger partial charge on any atom is -0.322 e. The number of ketones is 1. The van der Waals surface area contributed by atoms with Crippen molar-refractivity contribution in [2.75, 3.05) is 11.9 Å². The van der Waals surface area contributed by atoms with Gasteiger partial charge in [0.2, 0.25) is 5.91 Å². The van der Waals surface area contributed by atoms with Gasteiger partial charge in [-0.1, -0.05) is 23.7 Å². The second-order valence-electron chi connectivity index (χ2n) is 6.20. The Hall–Kier alpha value is -2.31. The molecular formula is C19H17ClF2N2O2. The molecule has 26 heavy (non-hydrogen) atoms. The highest BCUT2D eigenvalue weighted by atomic mass is 35.5. The minimum absolute atomic E-state index is 0.0269. The van der Waals surface area contributed by atoms with Gasteiger partial charge in [0.1, 0.15) is 6.17 Å². The van der Waals surface area contributed by atoms with E-state index in [0.29, 0.717) is 11.1 Å². The highest BCUT2D eigenvalue weighted by molar-refractivity contribution is 6.33. The van der Waals surface area contributed by atoms with Gasteiger partial charge in [-0.25, -0.2) is 8.78 Å². The van der Waals surface area contributed by atoms with E-state index in [0.717, 1.165) is 0 Å². The van der Waals surface area contributed by atoms with E-state index < -0.39 is 23.9 Å². The molecule has 0 saturated carbocycles. The third-order valence-electron chi connectivity index (χ3n) is 4.31. The second kappa shape index (κ2) is 7.51. The minimum atomic E-state index is -1.09. The number of amides is 1. The summed E-state index contributed by atoms with van der Waals surface area (Å²) in [5.41, 5.74) is 0.901. The van der Waals surface area contributed by atoms with Gasteiger partial charge in [0.15, 0.2) is 11.6 Å². The lowest BCUT2D eigenvalue weighted by molar-refractivity contribution is -0.117. The smallest absolute Gasteiger partial charge is 0.241 e. The van der Waals surface area contributed by atoms with E-state index >= 15 is 0 Å². The Bertz CT molecular complexity index is 873. The van der Waals surface area contributed by atoms with Crippen molar-refractivity contribution in [1.29, 1.82) is 0 Å². The highest BCUT2D eigenvalue weighted by Crippen LogP contribution is 2.33. The van der Waals surface area contributed by atoms with Crippen LogP contribution in [0.25, 0.3) is 11.1 Å². The van der Waals surface area contributed by atoms with Crippen LogP contribution in [0.3, 0.4) is 0 Å². The first kappa shape index (κ1) is 18.5. The molecule has 1 fully saturated rings. The van der Waals surface area contributed by atoms with Crippen molar-refractivity contribution in [2.45, 2.75) is 25.6 Å². The molecule has 2 atom stereocenters. The number of carbonyl (C=O) groups is 2. The fourth-order valence-corrected chi connectivity index (χ4v) is 3.12. The molecule has 0 aliphatic carbocycles. The zero-order chi connectivity index (χ0) is 18.8. The molecular weight excluding hydrogens is 362 g/mol. The van der Waals surface area contributed by atoms with E-state index in [2.05, 4.69) is 10.6 Å². The first-order valence-corrected chi connectivity index (χ1v) is 8.52. The second-order valence-corrected chi connectivity index (χ2v) is 6.61. The molecule has 1 amide bonds. The van der Waals surface area contributed by atoms with Crippen molar-refractivity contribution in [2.24, 2.45) is 0 Å². The number of hydrogen-bond donors (Lipinski definition) is 2. The largest absolute Gasteiger partial charge is 0.322 e. The topological polar surface area (TPSA) is 58.2 Å². The lowest BCUT2D eigenvalue weighted by Gasteiger charge is -2.14. The third-order valence-corrected chi connectivity index (χ3v) is 4.64. The van der Waals surface area contributed by atoms with E-state index in [9.17, 15) is 18.4 Å². The summed E-state index contributed by atoms with van der Waals surface area (Å²) in [7, 11) is 0. The third kappa shape index (κ3) is 3.76. The van der Waals surface area contributed by atoms with Crippen molar-refractivity contribution in [3.05, 3.63) is 52.8 Å². The molecule has 3 rings (SSSR count). The van der Waals surface area contributed by atoms with Crippen LogP contribution in [0.5, 0.6) is 0 Å². The van der Waals surface area contributed by atoms with Crippen LogP contribution in [0.2, 0.25) is 5.02 Å².